The van der Waals surface area contributed by atoms with Crippen LogP contribution in [0.1, 0.15) is 16.9 Å². The van der Waals surface area contributed by atoms with Crippen molar-refractivity contribution >= 4 is 27.3 Å². The van der Waals surface area contributed by atoms with Crippen LogP contribution >= 0.6 is 27.3 Å². The summed E-state index contributed by atoms with van der Waals surface area (Å²) in [5.74, 6) is 0. The fraction of sp³-hybridized carbons (Fsp3) is 0.286. The molecule has 0 aliphatic rings. The molecule has 0 aliphatic heterocycles. The summed E-state index contributed by atoms with van der Waals surface area (Å²) in [6.07, 6.45) is 2.26. The molecule has 0 aliphatic carbocycles. The first kappa shape index (κ1) is 12.8. The van der Waals surface area contributed by atoms with Crippen LogP contribution in [-0.4, -0.2) is 11.2 Å². The number of aryl methyl sites for hydroxylation is 1. The van der Waals surface area contributed by atoms with E-state index < -0.39 is 0 Å². The van der Waals surface area contributed by atoms with E-state index in [2.05, 4.69) is 45.6 Å². The first-order chi connectivity index (χ1) is 8.24. The Morgan fingerprint density at radius 3 is 2.82 bits per heavy atom. The minimum absolute atomic E-state index is 0.258. The van der Waals surface area contributed by atoms with E-state index >= 15 is 0 Å². The maximum absolute atomic E-state index is 9.98. The second-order valence-corrected chi connectivity index (χ2v) is 6.05. The Balaban J connectivity index is 1.83. The molecule has 2 aromatic rings. The minimum atomic E-state index is -0.258. The number of hydrogen-bond acceptors (Lipinski definition) is 2. The van der Waals surface area contributed by atoms with Crippen molar-refractivity contribution in [2.45, 2.75) is 25.4 Å². The Kier molecular flexibility index (Phi) is 4.77. The zero-order valence-corrected chi connectivity index (χ0v) is 11.9. The molecule has 1 nitrogen and oxygen atoms in total. The van der Waals surface area contributed by atoms with Crippen LogP contribution in [0, 0.1) is 0 Å². The molecule has 1 heterocycles. The van der Waals surface area contributed by atoms with Gasteiger partial charge in [0.2, 0.25) is 0 Å². The van der Waals surface area contributed by atoms with Gasteiger partial charge in [0.1, 0.15) is 0 Å². The van der Waals surface area contributed by atoms with Crippen LogP contribution in [0.25, 0.3) is 0 Å². The van der Waals surface area contributed by atoms with Gasteiger partial charge in [0.05, 0.1) is 6.10 Å². The Bertz CT molecular complexity index is 453. The zero-order chi connectivity index (χ0) is 12.1. The van der Waals surface area contributed by atoms with E-state index in [1.54, 1.807) is 11.3 Å². The second kappa shape index (κ2) is 6.34. The topological polar surface area (TPSA) is 20.2 Å². The van der Waals surface area contributed by atoms with Gasteiger partial charge in [-0.2, -0.15) is 0 Å². The molecule has 0 bridgehead atoms. The quantitative estimate of drug-likeness (QED) is 0.883. The third-order valence-electron chi connectivity index (χ3n) is 2.66. The molecule has 1 atom stereocenters. The summed E-state index contributed by atoms with van der Waals surface area (Å²) < 4.78 is 1.07. The smallest absolute Gasteiger partial charge is 0.0584 e. The summed E-state index contributed by atoms with van der Waals surface area (Å²) in [6.45, 7) is 0. The van der Waals surface area contributed by atoms with Gasteiger partial charge in [0, 0.05) is 9.35 Å². The van der Waals surface area contributed by atoms with Crippen molar-refractivity contribution in [2.24, 2.45) is 0 Å². The highest BCUT2D eigenvalue weighted by molar-refractivity contribution is 9.10. The van der Waals surface area contributed by atoms with Crippen molar-refractivity contribution in [3.05, 3.63) is 56.7 Å². The van der Waals surface area contributed by atoms with Gasteiger partial charge in [0.25, 0.3) is 0 Å². The first-order valence-electron chi connectivity index (χ1n) is 5.69. The highest BCUT2D eigenvalue weighted by Crippen LogP contribution is 2.16. The number of hydrogen-bond donors (Lipinski definition) is 1. The lowest BCUT2D eigenvalue weighted by molar-refractivity contribution is 0.165. The van der Waals surface area contributed by atoms with Gasteiger partial charge in [-0.05, 0) is 48.4 Å². The van der Waals surface area contributed by atoms with E-state index in [1.165, 1.54) is 10.4 Å². The molecule has 0 saturated carbocycles. The summed E-state index contributed by atoms with van der Waals surface area (Å²) in [6, 6.07) is 12.3. The lowest BCUT2D eigenvalue weighted by atomic mass is 10.0. The fourth-order valence-corrected chi connectivity index (χ4v) is 2.97. The van der Waals surface area contributed by atoms with E-state index in [0.29, 0.717) is 0 Å². The molecular formula is C14H15BrOS. The van der Waals surface area contributed by atoms with Crippen molar-refractivity contribution in [3.63, 3.8) is 0 Å². The lowest BCUT2D eigenvalue weighted by Crippen LogP contribution is -2.11. The van der Waals surface area contributed by atoms with E-state index in [-0.39, 0.29) is 6.10 Å². The molecule has 3 heteroatoms. The van der Waals surface area contributed by atoms with E-state index in [0.717, 1.165) is 23.7 Å². The number of rotatable bonds is 5. The van der Waals surface area contributed by atoms with Gasteiger partial charge < -0.3 is 5.11 Å². The number of aliphatic hydroxyl groups excluding tert-OH is 1. The SMILES string of the molecule is OC(CCc1cccs1)Cc1cccc(Br)c1. The van der Waals surface area contributed by atoms with E-state index in [4.69, 9.17) is 0 Å². The fourth-order valence-electron chi connectivity index (χ4n) is 1.80. The van der Waals surface area contributed by atoms with Crippen LogP contribution in [0.5, 0.6) is 0 Å². The molecule has 0 spiro atoms. The third kappa shape index (κ3) is 4.26. The summed E-state index contributed by atoms with van der Waals surface area (Å²) >= 11 is 5.20. The molecule has 1 aromatic heterocycles. The molecule has 1 unspecified atom stereocenters. The molecule has 0 saturated heterocycles. The number of thiophene rings is 1. The average Bonchev–Trinajstić information content (AvgIpc) is 2.79. The van der Waals surface area contributed by atoms with Crippen molar-refractivity contribution in [2.75, 3.05) is 0 Å². The molecular weight excluding hydrogens is 296 g/mol. The molecule has 2 rings (SSSR count). The molecule has 1 N–H and O–H groups in total. The largest absolute Gasteiger partial charge is 0.393 e. The molecule has 1 aromatic carbocycles. The monoisotopic (exact) mass is 310 g/mol. The van der Waals surface area contributed by atoms with Gasteiger partial charge in [-0.1, -0.05) is 34.1 Å². The lowest BCUT2D eigenvalue weighted by Gasteiger charge is -2.10. The Morgan fingerprint density at radius 1 is 1.24 bits per heavy atom. The van der Waals surface area contributed by atoms with Gasteiger partial charge >= 0.3 is 0 Å². The summed E-state index contributed by atoms with van der Waals surface area (Å²) in [5.41, 5.74) is 1.18. The maximum Gasteiger partial charge on any atom is 0.0584 e. The zero-order valence-electron chi connectivity index (χ0n) is 9.47. The normalized spacial score (nSPS) is 12.6. The second-order valence-electron chi connectivity index (χ2n) is 4.11. The molecule has 17 heavy (non-hydrogen) atoms. The number of benzene rings is 1. The van der Waals surface area contributed by atoms with Crippen molar-refractivity contribution in [1.82, 2.24) is 0 Å². The van der Waals surface area contributed by atoms with Crippen LogP contribution in [0.15, 0.2) is 46.3 Å². The minimum Gasteiger partial charge on any atom is -0.393 e. The van der Waals surface area contributed by atoms with Gasteiger partial charge in [-0.25, -0.2) is 0 Å². The molecule has 0 fully saturated rings. The standard InChI is InChI=1S/C14H15BrOS/c15-12-4-1-3-11(9-12)10-13(16)6-7-14-5-2-8-17-14/h1-5,8-9,13,16H,6-7,10H2. The van der Waals surface area contributed by atoms with Crippen molar-refractivity contribution < 1.29 is 5.11 Å². The Morgan fingerprint density at radius 2 is 2.12 bits per heavy atom. The van der Waals surface area contributed by atoms with Crippen LogP contribution in [0.2, 0.25) is 0 Å². The van der Waals surface area contributed by atoms with Crippen LogP contribution in [0.3, 0.4) is 0 Å². The van der Waals surface area contributed by atoms with E-state index in [1.807, 2.05) is 12.1 Å². The predicted molar refractivity (Wildman–Crippen MR) is 76.5 cm³/mol. The highest BCUT2D eigenvalue weighted by atomic mass is 79.9. The Hall–Kier alpha value is -0.640. The number of halogens is 1. The Labute approximate surface area is 114 Å². The summed E-state index contributed by atoms with van der Waals surface area (Å²) in [4.78, 5) is 1.35. The van der Waals surface area contributed by atoms with Crippen molar-refractivity contribution in [3.8, 4) is 0 Å². The maximum atomic E-state index is 9.98. The summed E-state index contributed by atoms with van der Waals surface area (Å²) in [7, 11) is 0. The van der Waals surface area contributed by atoms with Gasteiger partial charge in [-0.15, -0.1) is 11.3 Å². The molecule has 90 valence electrons. The van der Waals surface area contributed by atoms with Gasteiger partial charge in [-0.3, -0.25) is 0 Å². The third-order valence-corrected chi connectivity index (χ3v) is 4.09. The highest BCUT2D eigenvalue weighted by Gasteiger charge is 2.06. The van der Waals surface area contributed by atoms with Crippen LogP contribution < -0.4 is 0 Å². The predicted octanol–water partition coefficient (Wildman–Crippen LogP) is 4.05. The van der Waals surface area contributed by atoms with Gasteiger partial charge in [0.15, 0.2) is 0 Å². The summed E-state index contributed by atoms with van der Waals surface area (Å²) in [5, 5.41) is 12.1. The first-order valence-corrected chi connectivity index (χ1v) is 7.36. The van der Waals surface area contributed by atoms with Crippen LogP contribution in [0.4, 0.5) is 0 Å². The molecule has 0 amide bonds. The van der Waals surface area contributed by atoms with E-state index in [9.17, 15) is 5.11 Å². The number of aliphatic hydroxyl groups is 1. The van der Waals surface area contributed by atoms with Crippen molar-refractivity contribution in [1.29, 1.82) is 0 Å². The van der Waals surface area contributed by atoms with Crippen LogP contribution in [-0.2, 0) is 12.8 Å². The molecule has 0 radical (unpaired) electrons. The average molecular weight is 311 g/mol.